The largest absolute Gasteiger partial charge is 0.298 e. The van der Waals surface area contributed by atoms with Gasteiger partial charge in [-0.3, -0.25) is 9.69 Å². The van der Waals surface area contributed by atoms with Gasteiger partial charge in [-0.05, 0) is 6.54 Å². The van der Waals surface area contributed by atoms with Gasteiger partial charge in [0.25, 0.3) is 0 Å². The lowest BCUT2D eigenvalue weighted by Gasteiger charge is -2.08. The van der Waals surface area contributed by atoms with Crippen LogP contribution in [0.5, 0.6) is 0 Å². The minimum Gasteiger partial charge on any atom is -0.298 e. The zero-order valence-corrected chi connectivity index (χ0v) is 6.05. The second-order valence-electron chi connectivity index (χ2n) is 2.70. The van der Waals surface area contributed by atoms with E-state index >= 15 is 0 Å². The van der Waals surface area contributed by atoms with Crippen molar-refractivity contribution < 1.29 is 4.79 Å². The van der Waals surface area contributed by atoms with Crippen molar-refractivity contribution in [2.24, 2.45) is 5.92 Å². The molecule has 0 amide bonds. The number of carbonyl (C=O) groups is 1. The van der Waals surface area contributed by atoms with Crippen LogP contribution in [0.3, 0.4) is 0 Å². The lowest BCUT2D eigenvalue weighted by molar-refractivity contribution is -0.119. The molecular weight excluding hydrogens is 114 g/mol. The van der Waals surface area contributed by atoms with E-state index < -0.39 is 0 Å². The van der Waals surface area contributed by atoms with Crippen molar-refractivity contribution in [3.05, 3.63) is 0 Å². The predicted octanol–water partition coefficient (Wildman–Crippen LogP) is 0.527. The number of nitrogens with zero attached hydrogens (tertiary/aromatic N) is 1. The van der Waals surface area contributed by atoms with Crippen molar-refractivity contribution in [2.45, 2.75) is 13.8 Å². The number of hydrogen-bond acceptors (Lipinski definition) is 2. The third-order valence-corrected chi connectivity index (χ3v) is 1.91. The number of likely N-dealkylation sites (tertiary alicyclic amines) is 1. The smallest absolute Gasteiger partial charge is 0.150 e. The van der Waals surface area contributed by atoms with Crippen LogP contribution < -0.4 is 0 Å². The van der Waals surface area contributed by atoms with E-state index in [0.717, 1.165) is 13.1 Å². The Kier molecular flexibility index (Phi) is 1.86. The maximum Gasteiger partial charge on any atom is 0.150 e. The van der Waals surface area contributed by atoms with E-state index in [9.17, 15) is 4.79 Å². The molecule has 1 aliphatic heterocycles. The molecule has 0 radical (unpaired) electrons. The molecule has 1 aliphatic rings. The standard InChI is InChI=1S/C7H13NO/c1-3-8-4-6(2)7(9)5-8/h6H,3-5H2,1-2H3. The summed E-state index contributed by atoms with van der Waals surface area (Å²) in [6.45, 7) is 6.74. The van der Waals surface area contributed by atoms with E-state index in [1.807, 2.05) is 6.92 Å². The molecular formula is C7H13NO. The molecule has 1 atom stereocenters. The second kappa shape index (κ2) is 2.48. The third-order valence-electron chi connectivity index (χ3n) is 1.91. The molecule has 1 rings (SSSR count). The van der Waals surface area contributed by atoms with Crippen LogP contribution in [0.4, 0.5) is 0 Å². The van der Waals surface area contributed by atoms with Crippen LogP contribution in [-0.4, -0.2) is 30.3 Å². The van der Waals surface area contributed by atoms with Crippen LogP contribution in [0.2, 0.25) is 0 Å². The molecule has 0 N–H and O–H groups in total. The molecule has 0 aliphatic carbocycles. The maximum atomic E-state index is 10.9. The molecule has 2 heteroatoms. The molecule has 1 heterocycles. The number of likely N-dealkylation sites (N-methyl/N-ethyl adjacent to an activating group) is 1. The Morgan fingerprint density at radius 2 is 2.44 bits per heavy atom. The first-order valence-corrected chi connectivity index (χ1v) is 3.49. The van der Waals surface area contributed by atoms with E-state index in [0.29, 0.717) is 12.3 Å². The van der Waals surface area contributed by atoms with E-state index in [2.05, 4.69) is 11.8 Å². The van der Waals surface area contributed by atoms with Crippen LogP contribution >= 0.6 is 0 Å². The number of ketones is 1. The first-order valence-electron chi connectivity index (χ1n) is 3.49. The number of Topliss-reactive ketones (excluding diaryl/α,β-unsaturated/α-hetero) is 1. The lowest BCUT2D eigenvalue weighted by Crippen LogP contribution is -2.19. The van der Waals surface area contributed by atoms with Crippen LogP contribution in [-0.2, 0) is 4.79 Å². The van der Waals surface area contributed by atoms with Gasteiger partial charge in [0.15, 0.2) is 5.78 Å². The van der Waals surface area contributed by atoms with Gasteiger partial charge < -0.3 is 0 Å². The summed E-state index contributed by atoms with van der Waals surface area (Å²) in [6.07, 6.45) is 0. The Bertz CT molecular complexity index is 122. The van der Waals surface area contributed by atoms with Crippen LogP contribution in [0.1, 0.15) is 13.8 Å². The summed E-state index contributed by atoms with van der Waals surface area (Å²) < 4.78 is 0. The maximum absolute atomic E-state index is 10.9. The minimum atomic E-state index is 0.282. The third kappa shape index (κ3) is 1.30. The highest BCUT2D eigenvalue weighted by molar-refractivity contribution is 5.84. The number of rotatable bonds is 1. The summed E-state index contributed by atoms with van der Waals surface area (Å²) in [5, 5.41) is 0. The summed E-state index contributed by atoms with van der Waals surface area (Å²) in [5.74, 6) is 0.682. The normalized spacial score (nSPS) is 29.6. The Morgan fingerprint density at radius 1 is 1.78 bits per heavy atom. The quantitative estimate of drug-likeness (QED) is 0.512. The van der Waals surface area contributed by atoms with Gasteiger partial charge in [0.1, 0.15) is 0 Å². The first kappa shape index (κ1) is 6.75. The van der Waals surface area contributed by atoms with Crippen LogP contribution in [0.25, 0.3) is 0 Å². The number of hydrogen-bond donors (Lipinski definition) is 0. The molecule has 0 saturated carbocycles. The highest BCUT2D eigenvalue weighted by Crippen LogP contribution is 2.09. The SMILES string of the molecule is CCN1CC(=O)C(C)C1. The van der Waals surface area contributed by atoms with Crippen molar-refractivity contribution >= 4 is 5.78 Å². The fraction of sp³-hybridized carbons (Fsp3) is 0.857. The monoisotopic (exact) mass is 127 g/mol. The fourth-order valence-corrected chi connectivity index (χ4v) is 1.17. The van der Waals surface area contributed by atoms with E-state index in [1.54, 1.807) is 0 Å². The van der Waals surface area contributed by atoms with Gasteiger partial charge in [-0.25, -0.2) is 0 Å². The van der Waals surface area contributed by atoms with Gasteiger partial charge in [-0.1, -0.05) is 13.8 Å². The van der Waals surface area contributed by atoms with Crippen molar-refractivity contribution in [1.82, 2.24) is 4.90 Å². The second-order valence-corrected chi connectivity index (χ2v) is 2.70. The molecule has 2 nitrogen and oxygen atoms in total. The van der Waals surface area contributed by atoms with Gasteiger partial charge in [0, 0.05) is 12.5 Å². The summed E-state index contributed by atoms with van der Waals surface area (Å²) >= 11 is 0. The molecule has 1 unspecified atom stereocenters. The fourth-order valence-electron chi connectivity index (χ4n) is 1.17. The van der Waals surface area contributed by atoms with Crippen molar-refractivity contribution in [2.75, 3.05) is 19.6 Å². The summed E-state index contributed by atoms with van der Waals surface area (Å²) in [6, 6.07) is 0. The van der Waals surface area contributed by atoms with Gasteiger partial charge in [-0.2, -0.15) is 0 Å². The summed E-state index contributed by atoms with van der Waals surface area (Å²) in [5.41, 5.74) is 0. The average Bonchev–Trinajstić information content (AvgIpc) is 2.13. The predicted molar refractivity (Wildman–Crippen MR) is 36.3 cm³/mol. The Morgan fingerprint density at radius 3 is 2.67 bits per heavy atom. The van der Waals surface area contributed by atoms with Gasteiger partial charge >= 0.3 is 0 Å². The minimum absolute atomic E-state index is 0.282. The molecule has 0 bridgehead atoms. The topological polar surface area (TPSA) is 20.3 Å². The van der Waals surface area contributed by atoms with E-state index in [-0.39, 0.29) is 5.92 Å². The zero-order chi connectivity index (χ0) is 6.85. The molecule has 0 aromatic carbocycles. The molecule has 1 saturated heterocycles. The van der Waals surface area contributed by atoms with Crippen molar-refractivity contribution in [3.8, 4) is 0 Å². The molecule has 0 aromatic rings. The first-order chi connectivity index (χ1) is 4.24. The highest BCUT2D eigenvalue weighted by atomic mass is 16.1. The van der Waals surface area contributed by atoms with Gasteiger partial charge in [0.05, 0.1) is 6.54 Å². The van der Waals surface area contributed by atoms with Crippen molar-refractivity contribution in [3.63, 3.8) is 0 Å². The molecule has 0 aromatic heterocycles. The lowest BCUT2D eigenvalue weighted by atomic mass is 10.1. The van der Waals surface area contributed by atoms with E-state index in [4.69, 9.17) is 0 Å². The Hall–Kier alpha value is -0.370. The molecule has 0 spiro atoms. The Balaban J connectivity index is 2.44. The molecule has 52 valence electrons. The van der Waals surface area contributed by atoms with Crippen molar-refractivity contribution in [1.29, 1.82) is 0 Å². The summed E-state index contributed by atoms with van der Waals surface area (Å²) in [4.78, 5) is 13.1. The van der Waals surface area contributed by atoms with Gasteiger partial charge in [-0.15, -0.1) is 0 Å². The molecule has 1 fully saturated rings. The molecule has 9 heavy (non-hydrogen) atoms. The number of carbonyl (C=O) groups excluding carboxylic acids is 1. The average molecular weight is 127 g/mol. The van der Waals surface area contributed by atoms with Gasteiger partial charge in [0.2, 0.25) is 0 Å². The zero-order valence-electron chi connectivity index (χ0n) is 6.05. The Labute approximate surface area is 55.8 Å². The summed E-state index contributed by atoms with van der Waals surface area (Å²) in [7, 11) is 0. The highest BCUT2D eigenvalue weighted by Gasteiger charge is 2.24. The van der Waals surface area contributed by atoms with Crippen LogP contribution in [0.15, 0.2) is 0 Å². The van der Waals surface area contributed by atoms with Crippen LogP contribution in [0, 0.1) is 5.92 Å². The van der Waals surface area contributed by atoms with E-state index in [1.165, 1.54) is 0 Å².